The molecule has 0 amide bonds. The van der Waals surface area contributed by atoms with Crippen LogP contribution in [0.4, 0.5) is 0 Å². The highest BCUT2D eigenvalue weighted by molar-refractivity contribution is 5.63. The van der Waals surface area contributed by atoms with Crippen LogP contribution in [0.1, 0.15) is 44.2 Å². The summed E-state index contributed by atoms with van der Waals surface area (Å²) in [5, 5.41) is 0. The predicted octanol–water partition coefficient (Wildman–Crippen LogP) is 4.10. The molecule has 2 heterocycles. The van der Waals surface area contributed by atoms with Gasteiger partial charge < -0.3 is 0 Å². The van der Waals surface area contributed by atoms with Crippen molar-refractivity contribution in [1.82, 2.24) is 0 Å². The molecule has 3 rings (SSSR count). The number of hydrogen-bond acceptors (Lipinski definition) is 0. The van der Waals surface area contributed by atoms with E-state index in [0.717, 1.165) is 0 Å². The average Bonchev–Trinajstić information content (AvgIpc) is 2.45. The summed E-state index contributed by atoms with van der Waals surface area (Å²) in [4.78, 5) is 0. The third-order valence-corrected chi connectivity index (χ3v) is 4.21. The van der Waals surface area contributed by atoms with E-state index in [1.165, 1.54) is 29.7 Å². The molecule has 1 aliphatic heterocycles. The normalized spacial score (nSPS) is 21.2. The zero-order valence-corrected chi connectivity index (χ0v) is 11.1. The summed E-state index contributed by atoms with van der Waals surface area (Å²) in [7, 11) is 0. The summed E-state index contributed by atoms with van der Waals surface area (Å²) in [6, 6.07) is 16.0. The molecular formula is C17H20N+. The van der Waals surface area contributed by atoms with Crippen LogP contribution in [0.25, 0.3) is 11.3 Å². The van der Waals surface area contributed by atoms with E-state index in [1.807, 2.05) is 0 Å². The molecule has 0 spiro atoms. The topological polar surface area (TPSA) is 3.88 Å². The van der Waals surface area contributed by atoms with Gasteiger partial charge in [0.25, 0.3) is 0 Å². The Morgan fingerprint density at radius 1 is 0.944 bits per heavy atom. The largest absolute Gasteiger partial charge is 0.213 e. The van der Waals surface area contributed by atoms with Crippen LogP contribution in [0, 0.1) is 0 Å². The van der Waals surface area contributed by atoms with Crippen LogP contribution in [0.2, 0.25) is 0 Å². The molecular weight excluding hydrogens is 218 g/mol. The van der Waals surface area contributed by atoms with Crippen molar-refractivity contribution >= 4 is 0 Å². The molecule has 0 N–H and O–H groups in total. The van der Waals surface area contributed by atoms with E-state index in [9.17, 15) is 0 Å². The van der Waals surface area contributed by atoms with Gasteiger partial charge >= 0.3 is 0 Å². The van der Waals surface area contributed by atoms with Gasteiger partial charge in [0.05, 0.1) is 0 Å². The van der Waals surface area contributed by atoms with Gasteiger partial charge in [-0.1, -0.05) is 32.0 Å². The molecule has 2 unspecified atom stereocenters. The summed E-state index contributed by atoms with van der Waals surface area (Å²) in [5.74, 6) is 0.645. The van der Waals surface area contributed by atoms with Crippen molar-refractivity contribution in [3.63, 3.8) is 0 Å². The monoisotopic (exact) mass is 238 g/mol. The number of rotatable bonds is 2. The first kappa shape index (κ1) is 11.5. The van der Waals surface area contributed by atoms with Gasteiger partial charge in [-0.3, -0.25) is 0 Å². The van der Waals surface area contributed by atoms with E-state index in [-0.39, 0.29) is 0 Å². The fraction of sp³-hybridized carbons (Fsp3) is 0.353. The van der Waals surface area contributed by atoms with Crippen LogP contribution in [-0.4, -0.2) is 0 Å². The van der Waals surface area contributed by atoms with Crippen molar-refractivity contribution in [2.24, 2.45) is 0 Å². The summed E-state index contributed by atoms with van der Waals surface area (Å²) < 4.78 is 2.47. The summed E-state index contributed by atoms with van der Waals surface area (Å²) in [6.45, 7) is 4.60. The number of fused-ring (bicyclic) bond motifs is 3. The minimum Gasteiger partial charge on any atom is -0.195 e. The summed E-state index contributed by atoms with van der Waals surface area (Å²) in [5.41, 5.74) is 4.30. The Morgan fingerprint density at radius 2 is 1.72 bits per heavy atom. The SMILES string of the molecule is CCC1c2ccccc2-c2cccc[n+]2C1CC. The molecule has 2 atom stereocenters. The van der Waals surface area contributed by atoms with E-state index in [1.54, 1.807) is 0 Å². The lowest BCUT2D eigenvalue weighted by Gasteiger charge is -2.29. The Bertz CT molecular complexity index is 508. The van der Waals surface area contributed by atoms with E-state index in [4.69, 9.17) is 0 Å². The van der Waals surface area contributed by atoms with Gasteiger partial charge in [0.15, 0.2) is 12.2 Å². The third kappa shape index (κ3) is 1.58. The van der Waals surface area contributed by atoms with Gasteiger partial charge in [-0.05, 0) is 24.1 Å². The van der Waals surface area contributed by atoms with Gasteiger partial charge in [-0.15, -0.1) is 0 Å². The Hall–Kier alpha value is -1.63. The zero-order chi connectivity index (χ0) is 12.5. The third-order valence-electron chi connectivity index (χ3n) is 4.21. The minimum absolute atomic E-state index is 0.598. The number of hydrogen-bond donors (Lipinski definition) is 0. The van der Waals surface area contributed by atoms with Crippen molar-refractivity contribution < 1.29 is 4.57 Å². The number of pyridine rings is 1. The highest BCUT2D eigenvalue weighted by atomic mass is 15.0. The molecule has 92 valence electrons. The molecule has 1 aromatic carbocycles. The van der Waals surface area contributed by atoms with E-state index in [2.05, 4.69) is 67.1 Å². The summed E-state index contributed by atoms with van der Waals surface area (Å²) in [6.07, 6.45) is 4.63. The lowest BCUT2D eigenvalue weighted by Crippen LogP contribution is -2.46. The molecule has 1 heteroatoms. The van der Waals surface area contributed by atoms with Crippen molar-refractivity contribution in [3.8, 4) is 11.3 Å². The Morgan fingerprint density at radius 3 is 2.50 bits per heavy atom. The Balaban J connectivity index is 2.27. The van der Waals surface area contributed by atoms with E-state index >= 15 is 0 Å². The second kappa shape index (κ2) is 4.56. The minimum atomic E-state index is 0.598. The fourth-order valence-electron chi connectivity index (χ4n) is 3.40. The molecule has 0 saturated carbocycles. The Kier molecular flexibility index (Phi) is 2.91. The van der Waals surface area contributed by atoms with Crippen LogP contribution < -0.4 is 4.57 Å². The van der Waals surface area contributed by atoms with Crippen LogP contribution in [0.5, 0.6) is 0 Å². The van der Waals surface area contributed by atoms with Crippen molar-refractivity contribution in [1.29, 1.82) is 0 Å². The van der Waals surface area contributed by atoms with Crippen molar-refractivity contribution in [3.05, 3.63) is 54.2 Å². The lowest BCUT2D eigenvalue weighted by atomic mass is 9.80. The molecule has 0 bridgehead atoms. The summed E-state index contributed by atoms with van der Waals surface area (Å²) >= 11 is 0. The van der Waals surface area contributed by atoms with Crippen molar-refractivity contribution in [2.45, 2.75) is 38.6 Å². The predicted molar refractivity (Wildman–Crippen MR) is 74.4 cm³/mol. The number of benzene rings is 1. The first-order valence-electron chi connectivity index (χ1n) is 6.96. The van der Waals surface area contributed by atoms with Crippen LogP contribution >= 0.6 is 0 Å². The first-order valence-corrected chi connectivity index (χ1v) is 6.96. The number of aromatic nitrogens is 1. The zero-order valence-electron chi connectivity index (χ0n) is 11.1. The average molecular weight is 238 g/mol. The first-order chi connectivity index (χ1) is 8.86. The van der Waals surface area contributed by atoms with E-state index < -0.39 is 0 Å². The number of nitrogens with zero attached hydrogens (tertiary/aromatic N) is 1. The van der Waals surface area contributed by atoms with Crippen LogP contribution in [-0.2, 0) is 0 Å². The van der Waals surface area contributed by atoms with Crippen LogP contribution in [0.3, 0.4) is 0 Å². The standard InChI is InChI=1S/C17H20N/c1-3-13-14-9-5-6-10-15(14)17-11-7-8-12-18(17)16(13)4-2/h5-13,16H,3-4H2,1-2H3/q+1. The molecule has 0 radical (unpaired) electrons. The van der Waals surface area contributed by atoms with Gasteiger partial charge in [-0.2, -0.15) is 4.57 Å². The maximum atomic E-state index is 2.47. The maximum Gasteiger partial charge on any atom is 0.213 e. The van der Waals surface area contributed by atoms with Gasteiger partial charge in [0.1, 0.15) is 0 Å². The van der Waals surface area contributed by atoms with Crippen molar-refractivity contribution in [2.75, 3.05) is 0 Å². The molecule has 1 aliphatic rings. The lowest BCUT2D eigenvalue weighted by molar-refractivity contribution is -0.718. The molecule has 0 fully saturated rings. The highest BCUT2D eigenvalue weighted by Crippen LogP contribution is 2.40. The molecule has 0 aliphatic carbocycles. The van der Waals surface area contributed by atoms with Gasteiger partial charge in [-0.25, -0.2) is 0 Å². The van der Waals surface area contributed by atoms with Crippen LogP contribution in [0.15, 0.2) is 48.7 Å². The van der Waals surface area contributed by atoms with E-state index in [0.29, 0.717) is 12.0 Å². The second-order valence-electron chi connectivity index (χ2n) is 5.07. The molecule has 0 saturated heterocycles. The molecule has 18 heavy (non-hydrogen) atoms. The fourth-order valence-corrected chi connectivity index (χ4v) is 3.40. The Labute approximate surface area is 109 Å². The highest BCUT2D eigenvalue weighted by Gasteiger charge is 2.37. The quantitative estimate of drug-likeness (QED) is 0.693. The second-order valence-corrected chi connectivity index (χ2v) is 5.07. The molecule has 1 aromatic heterocycles. The molecule has 1 nitrogen and oxygen atoms in total. The van der Waals surface area contributed by atoms with Gasteiger partial charge in [0.2, 0.25) is 5.69 Å². The smallest absolute Gasteiger partial charge is 0.195 e. The maximum absolute atomic E-state index is 2.47. The van der Waals surface area contributed by atoms with Gasteiger partial charge in [0, 0.05) is 30.0 Å². The molecule has 2 aromatic rings.